The van der Waals surface area contributed by atoms with Crippen molar-refractivity contribution in [2.24, 2.45) is 4.99 Å². The zero-order chi connectivity index (χ0) is 24.3. The number of benzene rings is 2. The van der Waals surface area contributed by atoms with Crippen LogP contribution >= 0.6 is 11.3 Å². The Morgan fingerprint density at radius 3 is 2.56 bits per heavy atom. The van der Waals surface area contributed by atoms with E-state index in [0.717, 1.165) is 11.3 Å². The normalized spacial score (nSPS) is 15.6. The minimum atomic E-state index is -3.67. The second-order valence-corrected chi connectivity index (χ2v) is 10.3. The molecule has 1 aliphatic heterocycles. The van der Waals surface area contributed by atoms with Crippen molar-refractivity contribution < 1.29 is 27.6 Å². The summed E-state index contributed by atoms with van der Waals surface area (Å²) in [5, 5.41) is 11.1. The number of ether oxygens (including phenoxy) is 2. The van der Waals surface area contributed by atoms with Gasteiger partial charge < -0.3 is 14.0 Å². The molecule has 11 nitrogen and oxygen atoms in total. The number of nitrogens with zero attached hydrogens (tertiary/aromatic N) is 4. The minimum Gasteiger partial charge on any atom is -0.383 e. The van der Waals surface area contributed by atoms with Crippen LogP contribution in [0.15, 0.2) is 52.4 Å². The summed E-state index contributed by atoms with van der Waals surface area (Å²) in [4.78, 5) is 28.2. The lowest BCUT2D eigenvalue weighted by atomic mass is 10.2. The first-order valence-electron chi connectivity index (χ1n) is 10.3. The van der Waals surface area contributed by atoms with Gasteiger partial charge in [0, 0.05) is 44.4 Å². The number of methoxy groups -OCH3 is 1. The Morgan fingerprint density at radius 2 is 1.91 bits per heavy atom. The quantitative estimate of drug-likeness (QED) is 0.354. The zero-order valence-corrected chi connectivity index (χ0v) is 19.9. The van der Waals surface area contributed by atoms with Gasteiger partial charge in [0.15, 0.2) is 4.80 Å². The molecule has 1 aliphatic rings. The van der Waals surface area contributed by atoms with E-state index < -0.39 is 20.9 Å². The number of hydrogen-bond acceptors (Lipinski definition) is 8. The molecule has 1 amide bonds. The first kappa shape index (κ1) is 24.2. The van der Waals surface area contributed by atoms with Gasteiger partial charge in [-0.05, 0) is 30.3 Å². The van der Waals surface area contributed by atoms with E-state index in [1.54, 1.807) is 17.7 Å². The van der Waals surface area contributed by atoms with E-state index in [-0.39, 0.29) is 29.2 Å². The molecule has 0 radical (unpaired) electrons. The second-order valence-electron chi connectivity index (χ2n) is 7.40. The molecule has 0 bridgehead atoms. The highest BCUT2D eigenvalue weighted by atomic mass is 32.2. The van der Waals surface area contributed by atoms with E-state index in [4.69, 9.17) is 9.47 Å². The van der Waals surface area contributed by atoms with Crippen molar-refractivity contribution in [2.75, 3.05) is 40.0 Å². The summed E-state index contributed by atoms with van der Waals surface area (Å²) < 4.78 is 39.6. The van der Waals surface area contributed by atoms with E-state index in [1.165, 1.54) is 40.7 Å². The van der Waals surface area contributed by atoms with Crippen LogP contribution in [0.2, 0.25) is 0 Å². The molecule has 0 N–H and O–H groups in total. The Hall–Kier alpha value is -2.97. The molecule has 1 fully saturated rings. The van der Waals surface area contributed by atoms with Gasteiger partial charge in [-0.15, -0.1) is 0 Å². The number of sulfonamides is 1. The molecule has 4 rings (SSSR count). The number of hydrogen-bond donors (Lipinski definition) is 0. The van der Waals surface area contributed by atoms with Crippen molar-refractivity contribution in [3.63, 3.8) is 0 Å². The van der Waals surface area contributed by atoms with Gasteiger partial charge >= 0.3 is 0 Å². The van der Waals surface area contributed by atoms with Crippen molar-refractivity contribution in [2.45, 2.75) is 11.4 Å². The maximum Gasteiger partial charge on any atom is 0.279 e. The van der Waals surface area contributed by atoms with Crippen LogP contribution in [0.1, 0.15) is 10.4 Å². The lowest BCUT2D eigenvalue weighted by molar-refractivity contribution is -0.384. The SMILES string of the molecule is COCCn1c(=NC(=O)c2ccc(S(=O)(=O)N3CCOCC3)cc2)sc2cc([N+](=O)[O-])ccc21. The Labute approximate surface area is 199 Å². The van der Waals surface area contributed by atoms with Crippen molar-refractivity contribution in [1.29, 1.82) is 0 Å². The minimum absolute atomic E-state index is 0.0532. The highest BCUT2D eigenvalue weighted by Crippen LogP contribution is 2.23. The molecule has 2 heterocycles. The highest BCUT2D eigenvalue weighted by molar-refractivity contribution is 7.89. The molecule has 1 saturated heterocycles. The van der Waals surface area contributed by atoms with Gasteiger partial charge in [-0.25, -0.2) is 8.42 Å². The highest BCUT2D eigenvalue weighted by Gasteiger charge is 2.26. The molecule has 0 spiro atoms. The van der Waals surface area contributed by atoms with Gasteiger partial charge in [0.1, 0.15) is 0 Å². The van der Waals surface area contributed by atoms with Gasteiger partial charge in [0.2, 0.25) is 10.0 Å². The van der Waals surface area contributed by atoms with Gasteiger partial charge in [-0.3, -0.25) is 14.9 Å². The summed E-state index contributed by atoms with van der Waals surface area (Å²) >= 11 is 1.16. The first-order valence-corrected chi connectivity index (χ1v) is 12.6. The topological polar surface area (TPSA) is 133 Å². The van der Waals surface area contributed by atoms with E-state index in [2.05, 4.69) is 4.99 Å². The molecule has 3 aromatic rings. The maximum atomic E-state index is 12.9. The predicted molar refractivity (Wildman–Crippen MR) is 124 cm³/mol. The third-order valence-electron chi connectivity index (χ3n) is 5.30. The largest absolute Gasteiger partial charge is 0.383 e. The number of fused-ring (bicyclic) bond motifs is 1. The Kier molecular flexibility index (Phi) is 7.19. The second kappa shape index (κ2) is 10.1. The summed E-state index contributed by atoms with van der Waals surface area (Å²) in [6.45, 7) is 2.01. The summed E-state index contributed by atoms with van der Waals surface area (Å²) in [7, 11) is -2.12. The monoisotopic (exact) mass is 506 g/mol. The van der Waals surface area contributed by atoms with E-state index in [1.807, 2.05) is 0 Å². The van der Waals surface area contributed by atoms with Crippen molar-refractivity contribution in [3.05, 3.63) is 62.9 Å². The number of aromatic nitrogens is 1. The molecule has 0 aliphatic carbocycles. The lowest BCUT2D eigenvalue weighted by Gasteiger charge is -2.26. The van der Waals surface area contributed by atoms with E-state index >= 15 is 0 Å². The number of amides is 1. The van der Waals surface area contributed by atoms with E-state index in [0.29, 0.717) is 41.4 Å². The molecule has 0 saturated carbocycles. The zero-order valence-electron chi connectivity index (χ0n) is 18.2. The van der Waals surface area contributed by atoms with Crippen LogP contribution in [0.4, 0.5) is 5.69 Å². The fourth-order valence-corrected chi connectivity index (χ4v) is 6.01. The molecule has 2 aromatic carbocycles. The van der Waals surface area contributed by atoms with Crippen LogP contribution in [-0.2, 0) is 26.0 Å². The Balaban J connectivity index is 1.66. The fraction of sp³-hybridized carbons (Fsp3) is 0.333. The van der Waals surface area contributed by atoms with Crippen LogP contribution in [0.5, 0.6) is 0 Å². The van der Waals surface area contributed by atoms with Gasteiger partial charge in [0.25, 0.3) is 11.6 Å². The molecule has 13 heteroatoms. The number of thiazole rings is 1. The molecular formula is C21H22N4O7S2. The number of nitro groups is 1. The molecule has 180 valence electrons. The van der Waals surface area contributed by atoms with Crippen molar-refractivity contribution >= 4 is 43.2 Å². The van der Waals surface area contributed by atoms with E-state index in [9.17, 15) is 23.3 Å². The van der Waals surface area contributed by atoms with Crippen LogP contribution < -0.4 is 4.80 Å². The van der Waals surface area contributed by atoms with Gasteiger partial charge in [-0.2, -0.15) is 9.30 Å². The first-order chi connectivity index (χ1) is 16.3. The van der Waals surface area contributed by atoms with Crippen LogP contribution in [0.25, 0.3) is 10.2 Å². The molecule has 34 heavy (non-hydrogen) atoms. The Bertz CT molecular complexity index is 1390. The summed E-state index contributed by atoms with van der Waals surface area (Å²) in [5.74, 6) is -0.553. The lowest BCUT2D eigenvalue weighted by Crippen LogP contribution is -2.40. The number of rotatable bonds is 7. The summed E-state index contributed by atoms with van der Waals surface area (Å²) in [6.07, 6.45) is 0. The number of morpholine rings is 1. The molecule has 0 atom stereocenters. The number of non-ortho nitro benzene ring substituents is 1. The molecular weight excluding hydrogens is 484 g/mol. The average molecular weight is 507 g/mol. The van der Waals surface area contributed by atoms with Crippen molar-refractivity contribution in [1.82, 2.24) is 8.87 Å². The maximum absolute atomic E-state index is 12.9. The van der Waals surface area contributed by atoms with Gasteiger partial charge in [0.05, 0.1) is 39.9 Å². The fourth-order valence-electron chi connectivity index (χ4n) is 3.52. The van der Waals surface area contributed by atoms with Crippen molar-refractivity contribution in [3.8, 4) is 0 Å². The van der Waals surface area contributed by atoms with Gasteiger partial charge in [-0.1, -0.05) is 11.3 Å². The van der Waals surface area contributed by atoms with Crippen LogP contribution in [0.3, 0.4) is 0 Å². The molecule has 0 unspecified atom stereocenters. The predicted octanol–water partition coefficient (Wildman–Crippen LogP) is 2.02. The van der Waals surface area contributed by atoms with Crippen LogP contribution in [0, 0.1) is 10.1 Å². The van der Waals surface area contributed by atoms with Crippen LogP contribution in [-0.4, -0.2) is 68.1 Å². The number of carbonyl (C=O) groups excluding carboxylic acids is 1. The third kappa shape index (κ3) is 4.93. The summed E-state index contributed by atoms with van der Waals surface area (Å²) in [6, 6.07) is 10.1. The standard InChI is InChI=1S/C21H22N4O7S2/c1-31-11-10-24-18-7-4-16(25(27)28)14-19(18)33-21(24)22-20(26)15-2-5-17(6-3-15)34(29,30)23-8-12-32-13-9-23/h2-7,14H,8-13H2,1H3. The summed E-state index contributed by atoms with van der Waals surface area (Å²) in [5.41, 5.74) is 0.872. The molecule has 1 aromatic heterocycles. The number of carbonyl (C=O) groups is 1. The smallest absolute Gasteiger partial charge is 0.279 e. The number of nitro benzene ring substituents is 1. The Morgan fingerprint density at radius 1 is 1.21 bits per heavy atom. The average Bonchev–Trinajstić information content (AvgIpc) is 3.19. The third-order valence-corrected chi connectivity index (χ3v) is 8.26.